The van der Waals surface area contributed by atoms with Gasteiger partial charge in [-0.25, -0.2) is 4.79 Å². The predicted octanol–water partition coefficient (Wildman–Crippen LogP) is 3.67. The van der Waals surface area contributed by atoms with Gasteiger partial charge in [-0.05, 0) is 48.5 Å². The highest BCUT2D eigenvalue weighted by atomic mass is 16.4. The number of hydrogen-bond acceptors (Lipinski definition) is 5. The van der Waals surface area contributed by atoms with E-state index in [9.17, 15) is 19.8 Å². The number of aromatic carboxylic acids is 1. The molecule has 4 N–H and O–H groups in total. The zero-order valence-electron chi connectivity index (χ0n) is 17.4. The molecule has 7 nitrogen and oxygen atoms in total. The Balaban J connectivity index is 1.93. The van der Waals surface area contributed by atoms with Crippen LogP contribution >= 0.6 is 0 Å². The number of carboxylic acids is 1. The van der Waals surface area contributed by atoms with E-state index in [0.29, 0.717) is 6.54 Å². The van der Waals surface area contributed by atoms with Crippen LogP contribution in [-0.2, 0) is 0 Å². The first-order valence-electron chi connectivity index (χ1n) is 9.83. The van der Waals surface area contributed by atoms with Crippen LogP contribution in [0, 0.1) is 0 Å². The number of benzene rings is 3. The lowest BCUT2D eigenvalue weighted by atomic mass is 10.0. The number of nitrogens with zero attached hydrogens (tertiary/aromatic N) is 1. The monoisotopic (exact) mass is 419 g/mol. The van der Waals surface area contributed by atoms with Crippen molar-refractivity contribution in [3.05, 3.63) is 77.9 Å². The maximum absolute atomic E-state index is 13.0. The first kappa shape index (κ1) is 21.9. The Morgan fingerprint density at radius 2 is 1.68 bits per heavy atom. The molecule has 7 heteroatoms. The molecular formula is C24H25N3O4. The Morgan fingerprint density at radius 3 is 2.35 bits per heavy atom. The van der Waals surface area contributed by atoms with Gasteiger partial charge in [-0.1, -0.05) is 36.4 Å². The van der Waals surface area contributed by atoms with E-state index in [2.05, 4.69) is 10.6 Å². The van der Waals surface area contributed by atoms with Crippen LogP contribution in [0.4, 0.5) is 11.4 Å². The van der Waals surface area contributed by atoms with Gasteiger partial charge in [0.1, 0.15) is 5.75 Å². The molecule has 3 rings (SSSR count). The van der Waals surface area contributed by atoms with Crippen LogP contribution in [-0.4, -0.2) is 49.3 Å². The molecule has 0 fully saturated rings. The SMILES string of the molecule is CNCCN(C)c1ccc(O)c(C(=O)Nc2cc(-c3ccccc3)ccc2C(=O)O)c1. The number of carbonyl (C=O) groups is 2. The van der Waals surface area contributed by atoms with Crippen LogP contribution in [0.2, 0.25) is 0 Å². The molecule has 1 amide bonds. The van der Waals surface area contributed by atoms with Gasteiger partial charge in [0.05, 0.1) is 16.8 Å². The normalized spacial score (nSPS) is 10.5. The third kappa shape index (κ3) is 5.21. The molecule has 0 bridgehead atoms. The van der Waals surface area contributed by atoms with Crippen LogP contribution in [0.15, 0.2) is 66.7 Å². The molecule has 0 saturated heterocycles. The molecule has 0 radical (unpaired) electrons. The summed E-state index contributed by atoms with van der Waals surface area (Å²) < 4.78 is 0. The summed E-state index contributed by atoms with van der Waals surface area (Å²) in [6.45, 7) is 1.47. The summed E-state index contributed by atoms with van der Waals surface area (Å²) in [6.07, 6.45) is 0. The summed E-state index contributed by atoms with van der Waals surface area (Å²) in [6, 6.07) is 19.0. The van der Waals surface area contributed by atoms with Crippen molar-refractivity contribution in [2.24, 2.45) is 0 Å². The maximum atomic E-state index is 13.0. The van der Waals surface area contributed by atoms with E-state index < -0.39 is 11.9 Å². The number of rotatable bonds is 8. The molecule has 0 atom stereocenters. The minimum absolute atomic E-state index is 0.0326. The van der Waals surface area contributed by atoms with Crippen LogP contribution in [0.3, 0.4) is 0 Å². The first-order valence-corrected chi connectivity index (χ1v) is 9.83. The average Bonchev–Trinajstić information content (AvgIpc) is 2.78. The van der Waals surface area contributed by atoms with Gasteiger partial charge in [0, 0.05) is 25.8 Å². The summed E-state index contributed by atoms with van der Waals surface area (Å²) in [7, 11) is 3.74. The second-order valence-electron chi connectivity index (χ2n) is 7.11. The highest BCUT2D eigenvalue weighted by molar-refractivity contribution is 6.10. The number of hydrogen-bond donors (Lipinski definition) is 4. The number of phenols is 1. The summed E-state index contributed by atoms with van der Waals surface area (Å²) in [4.78, 5) is 26.6. The number of anilines is 2. The fraction of sp³-hybridized carbons (Fsp3) is 0.167. The molecule has 31 heavy (non-hydrogen) atoms. The third-order valence-corrected chi connectivity index (χ3v) is 4.97. The molecule has 0 saturated carbocycles. The van der Waals surface area contributed by atoms with Crippen LogP contribution in [0.25, 0.3) is 11.1 Å². The smallest absolute Gasteiger partial charge is 0.337 e. The Hall–Kier alpha value is -3.84. The molecule has 160 valence electrons. The van der Waals surface area contributed by atoms with Gasteiger partial charge in [-0.2, -0.15) is 0 Å². The molecule has 3 aromatic carbocycles. The van der Waals surface area contributed by atoms with Gasteiger partial charge in [-0.15, -0.1) is 0 Å². The number of amides is 1. The van der Waals surface area contributed by atoms with E-state index in [4.69, 9.17) is 0 Å². The summed E-state index contributed by atoms with van der Waals surface area (Å²) in [5.74, 6) is -1.92. The van der Waals surface area contributed by atoms with Gasteiger partial charge < -0.3 is 25.7 Å². The van der Waals surface area contributed by atoms with Crippen LogP contribution in [0.5, 0.6) is 5.75 Å². The second kappa shape index (κ2) is 9.77. The lowest BCUT2D eigenvalue weighted by molar-refractivity contribution is 0.0698. The summed E-state index contributed by atoms with van der Waals surface area (Å²) in [5.41, 5.74) is 2.61. The Kier molecular flexibility index (Phi) is 6.89. The van der Waals surface area contributed by atoms with Gasteiger partial charge in [0.25, 0.3) is 5.91 Å². The van der Waals surface area contributed by atoms with Crippen molar-refractivity contribution in [3.63, 3.8) is 0 Å². The van der Waals surface area contributed by atoms with E-state index in [1.165, 1.54) is 12.1 Å². The fourth-order valence-electron chi connectivity index (χ4n) is 3.19. The largest absolute Gasteiger partial charge is 0.507 e. The molecule has 3 aromatic rings. The average molecular weight is 419 g/mol. The van der Waals surface area contributed by atoms with Crippen molar-refractivity contribution in [1.82, 2.24) is 5.32 Å². The number of phenolic OH excluding ortho intramolecular Hbond substituents is 1. The standard InChI is InChI=1S/C24H25N3O4/c1-25-12-13-27(2)18-9-11-22(28)20(15-18)23(29)26-21-14-17(8-10-19(21)24(30)31)16-6-4-3-5-7-16/h3-11,14-15,25,28H,12-13H2,1-2H3,(H,26,29)(H,30,31). The van der Waals surface area contributed by atoms with Gasteiger partial charge in [0.15, 0.2) is 0 Å². The molecule has 0 aliphatic carbocycles. The maximum Gasteiger partial charge on any atom is 0.337 e. The Labute approximate surface area is 181 Å². The zero-order chi connectivity index (χ0) is 22.4. The predicted molar refractivity (Wildman–Crippen MR) is 122 cm³/mol. The number of carbonyl (C=O) groups excluding carboxylic acids is 1. The van der Waals surface area contributed by atoms with Gasteiger partial charge >= 0.3 is 5.97 Å². The fourth-order valence-corrected chi connectivity index (χ4v) is 3.19. The van der Waals surface area contributed by atoms with E-state index in [-0.39, 0.29) is 22.6 Å². The van der Waals surface area contributed by atoms with Gasteiger partial charge in [0.2, 0.25) is 0 Å². The second-order valence-corrected chi connectivity index (χ2v) is 7.11. The molecule has 0 aliphatic rings. The third-order valence-electron chi connectivity index (χ3n) is 4.97. The quantitative estimate of drug-likeness (QED) is 0.444. The number of nitrogens with one attached hydrogen (secondary N) is 2. The summed E-state index contributed by atoms with van der Waals surface area (Å²) in [5, 5.41) is 25.5. The van der Waals surface area contributed by atoms with E-state index in [1.54, 1.807) is 24.3 Å². The molecule has 0 heterocycles. The van der Waals surface area contributed by atoms with Crippen LogP contribution < -0.4 is 15.5 Å². The first-order chi connectivity index (χ1) is 14.9. The molecule has 0 aliphatic heterocycles. The molecule has 0 spiro atoms. The minimum atomic E-state index is -1.15. The molecule has 0 unspecified atom stereocenters. The Bertz CT molecular complexity index is 1080. The van der Waals surface area contributed by atoms with E-state index >= 15 is 0 Å². The zero-order valence-corrected chi connectivity index (χ0v) is 17.4. The number of aromatic hydroxyl groups is 1. The van der Waals surface area contributed by atoms with Crippen molar-refractivity contribution < 1.29 is 19.8 Å². The van der Waals surface area contributed by atoms with Crippen LogP contribution in [0.1, 0.15) is 20.7 Å². The lowest BCUT2D eigenvalue weighted by Crippen LogP contribution is -2.27. The van der Waals surface area contributed by atoms with E-state index in [0.717, 1.165) is 23.4 Å². The van der Waals surface area contributed by atoms with Crippen molar-refractivity contribution >= 4 is 23.3 Å². The van der Waals surface area contributed by atoms with Gasteiger partial charge in [-0.3, -0.25) is 4.79 Å². The van der Waals surface area contributed by atoms with Crippen molar-refractivity contribution in [2.45, 2.75) is 0 Å². The van der Waals surface area contributed by atoms with Crippen molar-refractivity contribution in [1.29, 1.82) is 0 Å². The number of likely N-dealkylation sites (N-methyl/N-ethyl adjacent to an activating group) is 2. The van der Waals surface area contributed by atoms with Crippen molar-refractivity contribution in [2.75, 3.05) is 37.4 Å². The molecular weight excluding hydrogens is 394 g/mol. The Morgan fingerprint density at radius 1 is 0.935 bits per heavy atom. The molecule has 0 aromatic heterocycles. The number of carboxylic acid groups (broad SMARTS) is 1. The highest BCUT2D eigenvalue weighted by Gasteiger charge is 2.18. The minimum Gasteiger partial charge on any atom is -0.507 e. The van der Waals surface area contributed by atoms with E-state index in [1.807, 2.05) is 49.3 Å². The topological polar surface area (TPSA) is 102 Å². The summed E-state index contributed by atoms with van der Waals surface area (Å²) >= 11 is 0. The lowest BCUT2D eigenvalue weighted by Gasteiger charge is -2.20. The highest BCUT2D eigenvalue weighted by Crippen LogP contribution is 2.28. The van der Waals surface area contributed by atoms with Crippen molar-refractivity contribution in [3.8, 4) is 16.9 Å².